The van der Waals surface area contributed by atoms with Crippen LogP contribution in [0.5, 0.6) is 0 Å². The third kappa shape index (κ3) is 3.04. The van der Waals surface area contributed by atoms with E-state index in [0.29, 0.717) is 13.8 Å². The first kappa shape index (κ1) is 10.0. The highest BCUT2D eigenvalue weighted by molar-refractivity contribution is 5.85. The molecule has 0 saturated carbocycles. The second-order valence-electron chi connectivity index (χ2n) is 2.75. The molecular weight excluding hydrogens is 192 g/mol. The number of ether oxygens (including phenoxy) is 1. The predicted octanol–water partition coefficient (Wildman–Crippen LogP) is 2.35. The second kappa shape index (κ2) is 3.35. The van der Waals surface area contributed by atoms with E-state index in [1.165, 1.54) is 0 Å². The molecule has 0 amide bonds. The molecule has 2 nitrogen and oxygen atoms in total. The maximum Gasteiger partial charge on any atom is 0.427 e. The largest absolute Gasteiger partial charge is 0.445 e. The third-order valence-electron chi connectivity index (χ3n) is 1.23. The summed E-state index contributed by atoms with van der Waals surface area (Å²) in [6, 6.07) is 0. The molecule has 0 aliphatic heterocycles. The Morgan fingerprint density at radius 2 is 1.92 bits per heavy atom. The quantitative estimate of drug-likeness (QED) is 0.389. The Morgan fingerprint density at radius 3 is 2.23 bits per heavy atom. The third-order valence-corrected chi connectivity index (χ3v) is 1.23. The van der Waals surface area contributed by atoms with Crippen LogP contribution in [-0.2, 0) is 9.53 Å². The Morgan fingerprint density at radius 1 is 1.46 bits per heavy atom. The Kier molecular flexibility index (Phi) is 2.58. The highest BCUT2D eigenvalue weighted by Crippen LogP contribution is 2.33. The lowest BCUT2D eigenvalue weighted by atomic mass is 10.1. The first-order valence-corrected chi connectivity index (χ1v) is 3.16. The van der Waals surface area contributed by atoms with Gasteiger partial charge in [-0.3, -0.25) is 0 Å². The number of hydrogen-bond donors (Lipinski definition) is 0. The van der Waals surface area contributed by atoms with Gasteiger partial charge in [-0.25, -0.2) is 4.79 Å². The highest BCUT2D eigenvalue weighted by Gasteiger charge is 2.51. The van der Waals surface area contributed by atoms with Crippen molar-refractivity contribution in [1.29, 1.82) is 0 Å². The number of hydrogen-bond acceptors (Lipinski definition) is 2. The molecule has 0 aliphatic carbocycles. The molecule has 13 heavy (non-hydrogen) atoms. The molecular formula is C7H8F4O2. The SMILES string of the molecule is [2H]C=C(F)C(=O)OC(C)(C)C(F)(F)F. The van der Waals surface area contributed by atoms with Gasteiger partial charge in [-0.05, 0) is 13.8 Å². The molecule has 0 heterocycles. The Balaban J connectivity index is 4.62. The minimum Gasteiger partial charge on any atom is -0.445 e. The minimum absolute atomic E-state index is 0.0191. The summed E-state index contributed by atoms with van der Waals surface area (Å²) in [5, 5.41) is 0. The number of carbonyl (C=O) groups is 1. The zero-order valence-electron chi connectivity index (χ0n) is 7.91. The molecule has 0 spiro atoms. The van der Waals surface area contributed by atoms with Crippen molar-refractivity contribution >= 4 is 5.97 Å². The van der Waals surface area contributed by atoms with Crippen molar-refractivity contribution in [2.75, 3.05) is 0 Å². The molecule has 76 valence electrons. The fourth-order valence-corrected chi connectivity index (χ4v) is 0.338. The summed E-state index contributed by atoms with van der Waals surface area (Å²) in [6.45, 7) is 1.15. The van der Waals surface area contributed by atoms with Crippen LogP contribution in [0.4, 0.5) is 17.6 Å². The van der Waals surface area contributed by atoms with Crippen LogP contribution in [-0.4, -0.2) is 17.7 Å². The summed E-state index contributed by atoms with van der Waals surface area (Å²) < 4.78 is 58.7. The molecule has 0 bridgehead atoms. The van der Waals surface area contributed by atoms with Gasteiger partial charge in [-0.15, -0.1) is 0 Å². The first-order chi connectivity index (χ1) is 6.12. The summed E-state index contributed by atoms with van der Waals surface area (Å²) in [7, 11) is 0. The van der Waals surface area contributed by atoms with Gasteiger partial charge in [0.05, 0.1) is 1.37 Å². The van der Waals surface area contributed by atoms with Gasteiger partial charge in [0.2, 0.25) is 11.4 Å². The van der Waals surface area contributed by atoms with Gasteiger partial charge in [0.15, 0.2) is 0 Å². The fraction of sp³-hybridized carbons (Fsp3) is 0.571. The normalized spacial score (nSPS) is 15.2. The molecule has 6 heteroatoms. The summed E-state index contributed by atoms with van der Waals surface area (Å²) in [5.74, 6) is -3.48. The van der Waals surface area contributed by atoms with Crippen LogP contribution in [0, 0.1) is 0 Å². The van der Waals surface area contributed by atoms with Crippen LogP contribution in [0.15, 0.2) is 12.4 Å². The maximum atomic E-state index is 12.3. The van der Waals surface area contributed by atoms with Crippen LogP contribution in [0.25, 0.3) is 0 Å². The van der Waals surface area contributed by atoms with Gasteiger partial charge in [-0.1, -0.05) is 6.55 Å². The van der Waals surface area contributed by atoms with E-state index in [4.69, 9.17) is 1.37 Å². The standard InChI is InChI=1S/C7H8F4O2/c1-4(8)5(12)13-6(2,3)7(9,10)11/h1H2,2-3H3/i1D. The van der Waals surface area contributed by atoms with Gasteiger partial charge in [0.1, 0.15) is 0 Å². The Labute approximate surface area is 73.6 Å². The van der Waals surface area contributed by atoms with E-state index >= 15 is 0 Å². The van der Waals surface area contributed by atoms with Crippen molar-refractivity contribution in [2.45, 2.75) is 25.6 Å². The summed E-state index contributed by atoms with van der Waals surface area (Å²) in [6.07, 6.45) is -4.79. The van der Waals surface area contributed by atoms with E-state index in [-0.39, 0.29) is 6.55 Å². The number of rotatable bonds is 2. The molecule has 0 saturated heterocycles. The van der Waals surface area contributed by atoms with Crippen LogP contribution < -0.4 is 0 Å². The smallest absolute Gasteiger partial charge is 0.427 e. The van der Waals surface area contributed by atoms with Crippen LogP contribution in [0.3, 0.4) is 0 Å². The number of esters is 1. The molecule has 0 aromatic carbocycles. The first-order valence-electron chi connectivity index (χ1n) is 3.73. The van der Waals surface area contributed by atoms with E-state index in [1.54, 1.807) is 0 Å². The average molecular weight is 201 g/mol. The van der Waals surface area contributed by atoms with Crippen molar-refractivity contribution < 1.29 is 28.5 Å². The number of alkyl halides is 3. The molecule has 0 aromatic heterocycles. The monoisotopic (exact) mass is 201 g/mol. The zero-order valence-corrected chi connectivity index (χ0v) is 6.91. The molecule has 0 atom stereocenters. The average Bonchev–Trinajstić information content (AvgIpc) is 2.00. The molecule has 0 aliphatic rings. The molecule has 0 N–H and O–H groups in total. The van der Waals surface area contributed by atoms with Crippen molar-refractivity contribution in [3.05, 3.63) is 12.4 Å². The molecule has 0 rings (SSSR count). The lowest BCUT2D eigenvalue weighted by Crippen LogP contribution is -2.43. The highest BCUT2D eigenvalue weighted by atomic mass is 19.4. The molecule has 0 unspecified atom stereocenters. The topological polar surface area (TPSA) is 26.3 Å². The number of carbonyl (C=O) groups excluding carboxylic acids is 1. The van der Waals surface area contributed by atoms with Crippen LogP contribution in [0.2, 0.25) is 0 Å². The van der Waals surface area contributed by atoms with Gasteiger partial charge in [-0.2, -0.15) is 17.6 Å². The minimum atomic E-state index is -4.79. The summed E-state index contributed by atoms with van der Waals surface area (Å²) in [5.41, 5.74) is -2.77. The van der Waals surface area contributed by atoms with Crippen molar-refractivity contribution in [3.8, 4) is 0 Å². The second-order valence-corrected chi connectivity index (χ2v) is 2.75. The van der Waals surface area contributed by atoms with E-state index in [9.17, 15) is 22.4 Å². The predicted molar refractivity (Wildman–Crippen MR) is 36.5 cm³/mol. The van der Waals surface area contributed by atoms with Crippen LogP contribution >= 0.6 is 0 Å². The van der Waals surface area contributed by atoms with E-state index < -0.39 is 23.6 Å². The van der Waals surface area contributed by atoms with Gasteiger partial charge in [0, 0.05) is 0 Å². The Bertz CT molecular complexity index is 257. The van der Waals surface area contributed by atoms with Crippen molar-refractivity contribution in [1.82, 2.24) is 0 Å². The molecule has 0 fully saturated rings. The zero-order chi connectivity index (χ0) is 11.6. The number of halogens is 4. The van der Waals surface area contributed by atoms with Gasteiger partial charge < -0.3 is 4.74 Å². The Hall–Kier alpha value is -1.07. The summed E-state index contributed by atoms with van der Waals surface area (Å²) >= 11 is 0. The molecule has 0 radical (unpaired) electrons. The maximum absolute atomic E-state index is 12.3. The lowest BCUT2D eigenvalue weighted by Gasteiger charge is -2.26. The van der Waals surface area contributed by atoms with Crippen molar-refractivity contribution in [3.63, 3.8) is 0 Å². The van der Waals surface area contributed by atoms with E-state index in [1.807, 2.05) is 0 Å². The fourth-order valence-electron chi connectivity index (χ4n) is 0.338. The van der Waals surface area contributed by atoms with Gasteiger partial charge in [0.25, 0.3) is 0 Å². The molecule has 0 aromatic rings. The summed E-state index contributed by atoms with van der Waals surface area (Å²) in [4.78, 5) is 10.6. The van der Waals surface area contributed by atoms with E-state index in [0.717, 1.165) is 0 Å². The van der Waals surface area contributed by atoms with Crippen LogP contribution in [0.1, 0.15) is 15.2 Å². The van der Waals surface area contributed by atoms with E-state index in [2.05, 4.69) is 4.74 Å². The lowest BCUT2D eigenvalue weighted by molar-refractivity contribution is -0.256. The van der Waals surface area contributed by atoms with Gasteiger partial charge >= 0.3 is 12.1 Å². The van der Waals surface area contributed by atoms with Crippen molar-refractivity contribution in [2.24, 2.45) is 0 Å².